The van der Waals surface area contributed by atoms with E-state index in [1.54, 1.807) is 26.0 Å². The number of nitrogens with zero attached hydrogens (tertiary/aromatic N) is 1. The molecule has 0 radical (unpaired) electrons. The molecule has 0 aliphatic carbocycles. The van der Waals surface area contributed by atoms with E-state index in [2.05, 4.69) is 10.6 Å². The van der Waals surface area contributed by atoms with Crippen LogP contribution in [-0.4, -0.2) is 26.3 Å². The topological polar surface area (TPSA) is 91.2 Å². The molecule has 7 heteroatoms. The Labute approximate surface area is 150 Å². The largest absolute Gasteiger partial charge is 0.493 e. The lowest BCUT2D eigenvalue weighted by molar-refractivity contribution is 0.402. The van der Waals surface area contributed by atoms with Crippen LogP contribution in [0, 0.1) is 11.3 Å². The highest BCUT2D eigenvalue weighted by atomic mass is 32.2. The number of hydrogen-bond donors (Lipinski definition) is 2. The van der Waals surface area contributed by atoms with Gasteiger partial charge in [0.25, 0.3) is 0 Å². The fourth-order valence-electron chi connectivity index (χ4n) is 2.12. The average molecular weight is 365 g/mol. The number of hydrogen-bond acceptors (Lipinski definition) is 6. The van der Waals surface area contributed by atoms with Gasteiger partial charge in [-0.15, -0.1) is 0 Å². The summed E-state index contributed by atoms with van der Waals surface area (Å²) >= 11 is 0. The van der Waals surface area contributed by atoms with Gasteiger partial charge in [-0.25, -0.2) is 8.42 Å². The lowest BCUT2D eigenvalue weighted by atomic mass is 10.0. The first-order valence-electron chi connectivity index (χ1n) is 8.15. The first-order valence-corrected chi connectivity index (χ1v) is 9.69. The zero-order chi connectivity index (χ0) is 19.3. The number of anilines is 2. The zero-order valence-corrected chi connectivity index (χ0v) is 16.5. The molecule has 0 aliphatic rings. The van der Waals surface area contributed by atoms with Gasteiger partial charge in [0, 0.05) is 17.8 Å². The van der Waals surface area contributed by atoms with Crippen molar-refractivity contribution in [3.8, 4) is 11.8 Å². The third-order valence-electron chi connectivity index (χ3n) is 3.98. The molecule has 2 N–H and O–H groups in total. The molecule has 0 atom stereocenters. The number of benzene rings is 1. The summed E-state index contributed by atoms with van der Waals surface area (Å²) in [5.74, 6) is 0.269. The molecule has 1 rings (SSSR count). The van der Waals surface area contributed by atoms with Crippen LogP contribution in [0.5, 0.6) is 5.75 Å². The number of nitrogens with one attached hydrogen (secondary N) is 2. The summed E-state index contributed by atoms with van der Waals surface area (Å²) in [6.45, 7) is 9.36. The van der Waals surface area contributed by atoms with Gasteiger partial charge in [-0.05, 0) is 46.2 Å². The van der Waals surface area contributed by atoms with E-state index in [4.69, 9.17) is 10.00 Å². The monoisotopic (exact) mass is 365 g/mol. The van der Waals surface area contributed by atoms with Crippen LogP contribution in [0.15, 0.2) is 29.3 Å². The first kappa shape index (κ1) is 20.8. The van der Waals surface area contributed by atoms with Crippen molar-refractivity contribution in [1.82, 2.24) is 0 Å². The van der Waals surface area contributed by atoms with Gasteiger partial charge in [0.05, 0.1) is 29.8 Å². The molecular formula is C18H27N3O3S. The van der Waals surface area contributed by atoms with Crippen LogP contribution in [0.1, 0.15) is 41.0 Å². The SMILES string of the molecule is CCC(C)(C)Nc1ccc(N/C=C/C#N)c(S(=O)(=O)C(C)C)c1OC. The van der Waals surface area contributed by atoms with Crippen LogP contribution in [0.25, 0.3) is 0 Å². The molecule has 25 heavy (non-hydrogen) atoms. The quantitative estimate of drug-likeness (QED) is 0.678. The van der Waals surface area contributed by atoms with Crippen LogP contribution in [0.4, 0.5) is 11.4 Å². The summed E-state index contributed by atoms with van der Waals surface area (Å²) in [5.41, 5.74) is 0.766. The maximum atomic E-state index is 12.9. The van der Waals surface area contributed by atoms with Crippen LogP contribution in [-0.2, 0) is 9.84 Å². The molecule has 0 aromatic heterocycles. The van der Waals surface area contributed by atoms with Crippen LogP contribution >= 0.6 is 0 Å². The Morgan fingerprint density at radius 1 is 1.32 bits per heavy atom. The average Bonchev–Trinajstić information content (AvgIpc) is 2.55. The third kappa shape index (κ3) is 4.89. The Kier molecular flexibility index (Phi) is 6.88. The van der Waals surface area contributed by atoms with E-state index >= 15 is 0 Å². The smallest absolute Gasteiger partial charge is 0.186 e. The number of sulfone groups is 1. The van der Waals surface area contributed by atoms with Crippen molar-refractivity contribution in [1.29, 1.82) is 5.26 Å². The molecule has 0 aliphatic heterocycles. The van der Waals surface area contributed by atoms with Crippen LogP contribution < -0.4 is 15.4 Å². The van der Waals surface area contributed by atoms with Crippen molar-refractivity contribution < 1.29 is 13.2 Å². The van der Waals surface area contributed by atoms with Crippen LogP contribution in [0.3, 0.4) is 0 Å². The number of rotatable bonds is 8. The molecule has 0 saturated heterocycles. The second-order valence-corrected chi connectivity index (χ2v) is 9.03. The highest BCUT2D eigenvalue weighted by Gasteiger charge is 2.30. The van der Waals surface area contributed by atoms with Gasteiger partial charge in [-0.1, -0.05) is 6.92 Å². The lowest BCUT2D eigenvalue weighted by Crippen LogP contribution is -2.30. The second-order valence-electron chi connectivity index (χ2n) is 6.59. The van der Waals surface area contributed by atoms with E-state index in [1.807, 2.05) is 26.8 Å². The van der Waals surface area contributed by atoms with Crippen molar-refractivity contribution in [2.24, 2.45) is 0 Å². The summed E-state index contributed by atoms with van der Waals surface area (Å²) in [6.07, 6.45) is 3.50. The normalized spacial score (nSPS) is 12.2. The molecule has 0 bridgehead atoms. The zero-order valence-electron chi connectivity index (χ0n) is 15.7. The molecule has 0 amide bonds. The van der Waals surface area contributed by atoms with E-state index in [1.165, 1.54) is 19.4 Å². The standard InChI is InChI=1S/C18H27N3O3S/c1-7-18(4,5)21-14-9-10-15(20-12-8-11-19)17(16(14)24-6)25(22,23)13(2)3/h8-10,12-13,20-21H,7H2,1-6H3/b12-8+. The van der Waals surface area contributed by atoms with Gasteiger partial charge in [0.1, 0.15) is 4.90 Å². The summed E-state index contributed by atoms with van der Waals surface area (Å²) < 4.78 is 31.3. The summed E-state index contributed by atoms with van der Waals surface area (Å²) in [5, 5.41) is 14.2. The lowest BCUT2D eigenvalue weighted by Gasteiger charge is -2.28. The maximum Gasteiger partial charge on any atom is 0.186 e. The fraction of sp³-hybridized carbons (Fsp3) is 0.500. The van der Waals surface area contributed by atoms with Crippen LogP contribution in [0.2, 0.25) is 0 Å². The summed E-state index contributed by atoms with van der Waals surface area (Å²) in [6, 6.07) is 5.31. The Morgan fingerprint density at radius 2 is 1.92 bits per heavy atom. The van der Waals surface area contributed by atoms with Gasteiger partial charge in [-0.3, -0.25) is 0 Å². The molecule has 6 nitrogen and oxygen atoms in total. The maximum absolute atomic E-state index is 12.9. The molecule has 0 saturated carbocycles. The molecule has 0 unspecified atom stereocenters. The third-order valence-corrected chi connectivity index (χ3v) is 6.19. The van der Waals surface area contributed by atoms with Gasteiger partial charge in [-0.2, -0.15) is 5.26 Å². The van der Waals surface area contributed by atoms with Crippen molar-refractivity contribution in [3.63, 3.8) is 0 Å². The fourth-order valence-corrected chi connectivity index (χ4v) is 3.47. The number of ether oxygens (including phenoxy) is 1. The minimum absolute atomic E-state index is 0.0875. The molecular weight excluding hydrogens is 338 g/mol. The van der Waals surface area contributed by atoms with Gasteiger partial charge >= 0.3 is 0 Å². The Morgan fingerprint density at radius 3 is 2.40 bits per heavy atom. The number of nitriles is 1. The van der Waals surface area contributed by atoms with Crippen molar-refractivity contribution in [3.05, 3.63) is 24.4 Å². The van der Waals surface area contributed by atoms with Gasteiger partial charge in [0.2, 0.25) is 0 Å². The second kappa shape index (κ2) is 8.26. The molecule has 0 spiro atoms. The van der Waals surface area contributed by atoms with E-state index < -0.39 is 15.1 Å². The summed E-state index contributed by atoms with van der Waals surface area (Å²) in [4.78, 5) is 0.0875. The molecule has 0 heterocycles. The molecule has 1 aromatic carbocycles. The summed E-state index contributed by atoms with van der Waals surface area (Å²) in [7, 11) is -2.16. The Balaban J connectivity index is 3.64. The highest BCUT2D eigenvalue weighted by molar-refractivity contribution is 7.92. The van der Waals surface area contributed by atoms with Crippen molar-refractivity contribution >= 4 is 21.2 Å². The van der Waals surface area contributed by atoms with E-state index in [0.717, 1.165) is 6.42 Å². The van der Waals surface area contributed by atoms with E-state index in [-0.39, 0.29) is 16.2 Å². The first-order chi connectivity index (χ1) is 11.6. The predicted octanol–water partition coefficient (Wildman–Crippen LogP) is 3.93. The molecule has 0 fully saturated rings. The number of methoxy groups -OCH3 is 1. The van der Waals surface area contributed by atoms with Gasteiger partial charge in [0.15, 0.2) is 15.6 Å². The van der Waals surface area contributed by atoms with Gasteiger partial charge < -0.3 is 15.4 Å². The van der Waals surface area contributed by atoms with Crippen molar-refractivity contribution in [2.75, 3.05) is 17.7 Å². The minimum Gasteiger partial charge on any atom is -0.493 e. The molecule has 1 aromatic rings. The van der Waals surface area contributed by atoms with Crippen molar-refractivity contribution in [2.45, 2.75) is 56.7 Å². The van der Waals surface area contributed by atoms with E-state index in [9.17, 15) is 8.42 Å². The predicted molar refractivity (Wildman–Crippen MR) is 102 cm³/mol. The highest BCUT2D eigenvalue weighted by Crippen LogP contribution is 2.41. The Hall–Kier alpha value is -2.20. The number of allylic oxidation sites excluding steroid dienone is 1. The van der Waals surface area contributed by atoms with E-state index in [0.29, 0.717) is 11.4 Å². The minimum atomic E-state index is -3.62. The molecule has 138 valence electrons. The Bertz CT molecular complexity index is 775.